The van der Waals surface area contributed by atoms with Crippen molar-refractivity contribution in [2.24, 2.45) is 27.6 Å². The standard InChI is InChI=1S/C15H24O3.C10H16O2/c1-6-11(2)13(17)18-10-12(16)15(5)9-7-8-14(15,3)4;1-9(2)5-4-6-10(9,3)8(12)7-11/h7-8,11H,6,9-10H2,1-5H3;4-5,11H,6-7H2,1-3H3/t11-,15+;10-/m01/s1. The number of ether oxygens (including phenoxy) is 1. The van der Waals surface area contributed by atoms with E-state index >= 15 is 0 Å². The van der Waals surface area contributed by atoms with Crippen LogP contribution in [0.25, 0.3) is 0 Å². The van der Waals surface area contributed by atoms with Gasteiger partial charge in [0.25, 0.3) is 0 Å². The van der Waals surface area contributed by atoms with Gasteiger partial charge >= 0.3 is 5.97 Å². The molecule has 0 unspecified atom stereocenters. The summed E-state index contributed by atoms with van der Waals surface area (Å²) in [5.41, 5.74) is -1.15. The normalized spacial score (nSPS) is 29.1. The first-order valence-electron chi connectivity index (χ1n) is 10.9. The van der Waals surface area contributed by atoms with Crippen molar-refractivity contribution in [1.29, 1.82) is 0 Å². The first kappa shape index (κ1) is 26.3. The van der Waals surface area contributed by atoms with E-state index in [2.05, 4.69) is 12.2 Å². The minimum atomic E-state index is -0.456. The number of aliphatic hydroxyl groups is 1. The van der Waals surface area contributed by atoms with Crippen molar-refractivity contribution in [3.63, 3.8) is 0 Å². The number of esters is 1. The molecule has 0 bridgehead atoms. The summed E-state index contributed by atoms with van der Waals surface area (Å²) in [5.74, 6) is -0.467. The van der Waals surface area contributed by atoms with Crippen molar-refractivity contribution < 1.29 is 24.2 Å². The molecule has 0 aromatic rings. The Morgan fingerprint density at radius 1 is 0.900 bits per heavy atom. The predicted molar refractivity (Wildman–Crippen MR) is 119 cm³/mol. The second-order valence-corrected chi connectivity index (χ2v) is 10.2. The smallest absolute Gasteiger partial charge is 0.309 e. The summed E-state index contributed by atoms with van der Waals surface area (Å²) in [7, 11) is 0. The molecule has 30 heavy (non-hydrogen) atoms. The van der Waals surface area contributed by atoms with E-state index in [9.17, 15) is 14.4 Å². The van der Waals surface area contributed by atoms with Crippen molar-refractivity contribution in [2.75, 3.05) is 13.2 Å². The van der Waals surface area contributed by atoms with Gasteiger partial charge in [0.15, 0.2) is 18.2 Å². The second kappa shape index (κ2) is 9.59. The molecule has 5 nitrogen and oxygen atoms in total. The van der Waals surface area contributed by atoms with Crippen molar-refractivity contribution in [3.8, 4) is 0 Å². The van der Waals surface area contributed by atoms with Gasteiger partial charge in [-0.1, -0.05) is 79.7 Å². The highest BCUT2D eigenvalue weighted by Gasteiger charge is 2.48. The van der Waals surface area contributed by atoms with Crippen molar-refractivity contribution in [2.45, 2.75) is 74.7 Å². The zero-order valence-electron chi connectivity index (χ0n) is 20.0. The maximum absolute atomic E-state index is 12.3. The van der Waals surface area contributed by atoms with E-state index in [1.807, 2.05) is 67.5 Å². The van der Waals surface area contributed by atoms with Crippen LogP contribution >= 0.6 is 0 Å². The Kier molecular flexibility index (Phi) is 8.40. The molecule has 1 N–H and O–H groups in total. The number of carbonyl (C=O) groups excluding carboxylic acids is 3. The van der Waals surface area contributed by atoms with E-state index in [4.69, 9.17) is 9.84 Å². The average molecular weight is 421 g/mol. The number of carbonyl (C=O) groups is 3. The summed E-state index contributed by atoms with van der Waals surface area (Å²) >= 11 is 0. The van der Waals surface area contributed by atoms with Crippen LogP contribution < -0.4 is 0 Å². The predicted octanol–water partition coefficient (Wildman–Crippen LogP) is 4.68. The molecule has 0 saturated carbocycles. The van der Waals surface area contributed by atoms with Crippen LogP contribution in [-0.2, 0) is 19.1 Å². The van der Waals surface area contributed by atoms with Gasteiger partial charge < -0.3 is 9.84 Å². The van der Waals surface area contributed by atoms with Crippen molar-refractivity contribution in [1.82, 2.24) is 0 Å². The van der Waals surface area contributed by atoms with E-state index in [-0.39, 0.29) is 47.5 Å². The highest BCUT2D eigenvalue weighted by atomic mass is 16.5. The highest BCUT2D eigenvalue weighted by Crippen LogP contribution is 2.49. The molecule has 0 saturated heterocycles. The Bertz CT molecular complexity index is 715. The van der Waals surface area contributed by atoms with E-state index in [0.717, 1.165) is 19.3 Å². The summed E-state index contributed by atoms with van der Waals surface area (Å²) in [6.07, 6.45) is 10.4. The zero-order valence-corrected chi connectivity index (χ0v) is 20.0. The first-order valence-corrected chi connectivity index (χ1v) is 10.9. The molecule has 0 fully saturated rings. The lowest BCUT2D eigenvalue weighted by molar-refractivity contribution is -0.155. The maximum atomic E-state index is 12.3. The molecule has 2 aliphatic carbocycles. The fourth-order valence-electron chi connectivity index (χ4n) is 3.80. The number of rotatable bonds is 7. The number of Topliss-reactive ketones (excluding diaryl/α,β-unsaturated/α-hetero) is 2. The topological polar surface area (TPSA) is 80.7 Å². The van der Waals surface area contributed by atoms with Gasteiger partial charge in [0.1, 0.15) is 6.61 Å². The van der Waals surface area contributed by atoms with Gasteiger partial charge in [-0.15, -0.1) is 0 Å². The summed E-state index contributed by atoms with van der Waals surface area (Å²) in [4.78, 5) is 35.3. The molecule has 170 valence electrons. The lowest BCUT2D eigenvalue weighted by Crippen LogP contribution is -2.40. The van der Waals surface area contributed by atoms with Crippen LogP contribution in [0.1, 0.15) is 74.7 Å². The van der Waals surface area contributed by atoms with Crippen molar-refractivity contribution in [3.05, 3.63) is 24.3 Å². The lowest BCUT2D eigenvalue weighted by atomic mass is 9.66. The first-order chi connectivity index (χ1) is 13.7. The van der Waals surface area contributed by atoms with Gasteiger partial charge in [0, 0.05) is 10.8 Å². The quantitative estimate of drug-likeness (QED) is 0.478. The van der Waals surface area contributed by atoms with E-state index in [1.165, 1.54) is 0 Å². The van der Waals surface area contributed by atoms with E-state index < -0.39 is 10.8 Å². The minimum absolute atomic E-state index is 0.00848. The van der Waals surface area contributed by atoms with Gasteiger partial charge in [-0.05, 0) is 30.1 Å². The van der Waals surface area contributed by atoms with Crippen LogP contribution in [0, 0.1) is 27.6 Å². The molecule has 0 amide bonds. The molecule has 0 spiro atoms. The average Bonchev–Trinajstić information content (AvgIpc) is 3.13. The number of ketones is 2. The Labute approximate surface area is 182 Å². The number of allylic oxidation sites excluding steroid dienone is 4. The third-order valence-corrected chi connectivity index (χ3v) is 7.70. The molecule has 0 radical (unpaired) electrons. The molecule has 0 aromatic carbocycles. The lowest BCUT2D eigenvalue weighted by Gasteiger charge is -2.36. The third-order valence-electron chi connectivity index (χ3n) is 7.70. The molecular formula is C25H40O5. The highest BCUT2D eigenvalue weighted by molar-refractivity contribution is 5.89. The molecule has 5 heteroatoms. The van der Waals surface area contributed by atoms with Gasteiger partial charge in [-0.3, -0.25) is 14.4 Å². The van der Waals surface area contributed by atoms with Crippen LogP contribution in [0.2, 0.25) is 0 Å². The van der Waals surface area contributed by atoms with Crippen LogP contribution in [0.5, 0.6) is 0 Å². The summed E-state index contributed by atoms with van der Waals surface area (Å²) in [5, 5.41) is 8.82. The molecular weight excluding hydrogens is 380 g/mol. The fraction of sp³-hybridized carbons (Fsp3) is 0.720. The number of aliphatic hydroxyl groups excluding tert-OH is 1. The Morgan fingerprint density at radius 3 is 1.67 bits per heavy atom. The van der Waals surface area contributed by atoms with Gasteiger partial charge in [-0.2, -0.15) is 0 Å². The van der Waals surface area contributed by atoms with Crippen molar-refractivity contribution >= 4 is 17.5 Å². The largest absolute Gasteiger partial charge is 0.457 e. The molecule has 0 aromatic heterocycles. The van der Waals surface area contributed by atoms with E-state index in [1.54, 1.807) is 0 Å². The number of hydrogen-bond donors (Lipinski definition) is 1. The van der Waals surface area contributed by atoms with E-state index in [0.29, 0.717) is 0 Å². The second-order valence-electron chi connectivity index (χ2n) is 10.2. The summed E-state index contributed by atoms with van der Waals surface area (Å²) in [6.45, 7) is 15.3. The molecule has 2 rings (SSSR count). The van der Waals surface area contributed by atoms with Crippen LogP contribution in [-0.4, -0.2) is 35.9 Å². The molecule has 0 heterocycles. The van der Waals surface area contributed by atoms with Crippen LogP contribution in [0.4, 0.5) is 0 Å². The molecule has 0 aliphatic heterocycles. The number of hydrogen-bond acceptors (Lipinski definition) is 5. The van der Waals surface area contributed by atoms with Gasteiger partial charge in [-0.25, -0.2) is 0 Å². The summed E-state index contributed by atoms with van der Waals surface area (Å²) < 4.78 is 5.11. The Hall–Kier alpha value is -1.75. The Morgan fingerprint density at radius 2 is 1.33 bits per heavy atom. The molecule has 2 aliphatic rings. The van der Waals surface area contributed by atoms with Crippen LogP contribution in [0.15, 0.2) is 24.3 Å². The zero-order chi connectivity index (χ0) is 23.4. The monoisotopic (exact) mass is 420 g/mol. The van der Waals surface area contributed by atoms with Gasteiger partial charge in [0.2, 0.25) is 0 Å². The third kappa shape index (κ3) is 5.11. The van der Waals surface area contributed by atoms with Crippen LogP contribution in [0.3, 0.4) is 0 Å². The SMILES string of the molecule is CC1(C)C=CC[C@]1(C)C(=O)CO.CC[C@H](C)C(=O)OCC(=O)[C@@]1(C)CC=CC1(C)C. The summed E-state index contributed by atoms with van der Waals surface area (Å²) in [6, 6.07) is 0. The Balaban J connectivity index is 0.000000325. The maximum Gasteiger partial charge on any atom is 0.309 e. The molecule has 3 atom stereocenters. The van der Waals surface area contributed by atoms with Gasteiger partial charge in [0.05, 0.1) is 5.92 Å². The fourth-order valence-corrected chi connectivity index (χ4v) is 3.80. The minimum Gasteiger partial charge on any atom is -0.457 e.